The zero-order chi connectivity index (χ0) is 24.6. The molecule has 8 heteroatoms. The fourth-order valence-corrected chi connectivity index (χ4v) is 28.1. The van der Waals surface area contributed by atoms with Crippen molar-refractivity contribution in [2.45, 2.75) is 83.7 Å². The summed E-state index contributed by atoms with van der Waals surface area (Å²) in [6.07, 6.45) is 0. The number of ketones is 1. The molecule has 0 aliphatic carbocycles. The summed E-state index contributed by atoms with van der Waals surface area (Å²) in [5.41, 5.74) is 0.376. The van der Waals surface area contributed by atoms with E-state index in [2.05, 4.69) is 78.6 Å². The molecule has 0 heterocycles. The number of carbonyl (C=O) groups is 2. The first-order chi connectivity index (χ1) is 13.7. The molecule has 1 aromatic rings. The van der Waals surface area contributed by atoms with Gasteiger partial charge in [-0.2, -0.15) is 0 Å². The molecule has 0 aromatic heterocycles. The first-order valence-corrected chi connectivity index (χ1v) is 25.5. The zero-order valence-corrected chi connectivity index (χ0v) is 26.2. The highest BCUT2D eigenvalue weighted by Gasteiger charge is 2.47. The quantitative estimate of drug-likeness (QED) is 0.155. The SMILES string of the molecule is C[Si](C)(C)C(=C(OC(=O)c1cccc(Cl)c1)C(=O)C([Si](C)(C)C)[Si](C)(C)C)[Si](C)(C)C. The molecule has 0 aliphatic rings. The van der Waals surface area contributed by atoms with Crippen molar-refractivity contribution in [3.8, 4) is 0 Å². The molecule has 0 fully saturated rings. The van der Waals surface area contributed by atoms with Gasteiger partial charge in [0.05, 0.1) is 37.9 Å². The lowest BCUT2D eigenvalue weighted by Crippen LogP contribution is -2.51. The van der Waals surface area contributed by atoms with E-state index >= 15 is 0 Å². The van der Waals surface area contributed by atoms with Gasteiger partial charge < -0.3 is 4.74 Å². The second-order valence-electron chi connectivity index (χ2n) is 12.6. The summed E-state index contributed by atoms with van der Waals surface area (Å²) < 4.78 is 6.09. The van der Waals surface area contributed by atoms with Gasteiger partial charge in [-0.15, -0.1) is 0 Å². The molecule has 0 saturated heterocycles. The minimum absolute atomic E-state index is 0.0233. The molecule has 0 saturated carbocycles. The number of halogens is 1. The highest BCUT2D eigenvalue weighted by molar-refractivity contribution is 7.05. The Labute approximate surface area is 198 Å². The van der Waals surface area contributed by atoms with Gasteiger partial charge in [0, 0.05) is 10.2 Å². The van der Waals surface area contributed by atoms with Crippen molar-refractivity contribution in [1.29, 1.82) is 0 Å². The van der Waals surface area contributed by atoms with Crippen molar-refractivity contribution < 1.29 is 14.3 Å². The third kappa shape index (κ3) is 7.66. The lowest BCUT2D eigenvalue weighted by atomic mass is 10.2. The van der Waals surface area contributed by atoms with Gasteiger partial charge in [0.15, 0.2) is 11.5 Å². The number of esters is 1. The molecule has 0 unspecified atom stereocenters. The van der Waals surface area contributed by atoms with Crippen molar-refractivity contribution in [1.82, 2.24) is 0 Å². The van der Waals surface area contributed by atoms with Crippen LogP contribution in [0.3, 0.4) is 0 Å². The van der Waals surface area contributed by atoms with Crippen LogP contribution in [0.25, 0.3) is 0 Å². The maximum atomic E-state index is 14.3. The van der Waals surface area contributed by atoms with Crippen molar-refractivity contribution in [3.63, 3.8) is 0 Å². The summed E-state index contributed by atoms with van der Waals surface area (Å²) >= 11 is 6.10. The summed E-state index contributed by atoms with van der Waals surface area (Å²) in [5.74, 6) is -0.0727. The molecule has 0 N–H and O–H groups in total. The number of carbonyl (C=O) groups excluding carboxylic acids is 2. The van der Waals surface area contributed by atoms with Crippen LogP contribution in [0.4, 0.5) is 0 Å². The lowest BCUT2D eigenvalue weighted by Gasteiger charge is -2.39. The molecule has 174 valence electrons. The van der Waals surface area contributed by atoms with Crippen molar-refractivity contribution >= 4 is 55.6 Å². The van der Waals surface area contributed by atoms with Crippen LogP contribution < -0.4 is 0 Å². The molecule has 1 aromatic carbocycles. The van der Waals surface area contributed by atoms with E-state index in [1.807, 2.05) is 0 Å². The molecule has 0 spiro atoms. The van der Waals surface area contributed by atoms with Crippen molar-refractivity contribution in [2.75, 3.05) is 0 Å². The topological polar surface area (TPSA) is 43.4 Å². The molecular formula is C23H41ClO3Si4. The molecule has 0 atom stereocenters. The predicted molar refractivity (Wildman–Crippen MR) is 146 cm³/mol. The highest BCUT2D eigenvalue weighted by Crippen LogP contribution is 2.39. The number of Topliss-reactive ketones (excluding diaryl/α,β-unsaturated/α-hetero) is 1. The standard InChI is InChI=1S/C23H41ClO3Si4/c1-28(2,3)22(29(4,5)6)19(25)20(23(30(7,8)9)31(10,11)12)27-21(26)17-14-13-15-18(24)16-17/h13-16,22H,1-12H3. The van der Waals surface area contributed by atoms with E-state index in [9.17, 15) is 9.59 Å². The van der Waals surface area contributed by atoms with Crippen LogP contribution in [0.2, 0.25) is 88.8 Å². The van der Waals surface area contributed by atoms with Crippen LogP contribution in [-0.4, -0.2) is 44.0 Å². The first kappa shape index (κ1) is 28.3. The van der Waals surface area contributed by atoms with E-state index in [1.165, 1.54) is 0 Å². The summed E-state index contributed by atoms with van der Waals surface area (Å²) in [5, 5.41) is 0.453. The summed E-state index contributed by atoms with van der Waals surface area (Å²) in [6, 6.07) is 6.74. The van der Waals surface area contributed by atoms with Gasteiger partial charge in [0.25, 0.3) is 0 Å². The van der Waals surface area contributed by atoms with E-state index in [1.54, 1.807) is 24.3 Å². The largest absolute Gasteiger partial charge is 0.420 e. The average Bonchev–Trinajstić information content (AvgIpc) is 2.48. The van der Waals surface area contributed by atoms with Crippen LogP contribution in [0.5, 0.6) is 0 Å². The third-order valence-corrected chi connectivity index (χ3v) is 22.6. The number of rotatable bonds is 8. The molecule has 0 bridgehead atoms. The Bertz CT molecular complexity index is 837. The van der Waals surface area contributed by atoms with Crippen LogP contribution in [0, 0.1) is 0 Å². The van der Waals surface area contributed by atoms with Crippen LogP contribution >= 0.6 is 11.6 Å². The van der Waals surface area contributed by atoms with Crippen LogP contribution in [0.1, 0.15) is 10.4 Å². The second kappa shape index (κ2) is 9.63. The first-order valence-electron chi connectivity index (χ1n) is 10.9. The second-order valence-corrected chi connectivity index (χ2v) is 34.8. The number of hydrogen-bond donors (Lipinski definition) is 0. The van der Waals surface area contributed by atoms with Gasteiger partial charge in [-0.1, -0.05) is 96.2 Å². The monoisotopic (exact) mass is 512 g/mol. The molecule has 0 aliphatic heterocycles. The minimum Gasteiger partial charge on any atom is -0.420 e. The Morgan fingerprint density at radius 2 is 1.26 bits per heavy atom. The van der Waals surface area contributed by atoms with E-state index < -0.39 is 38.3 Å². The maximum absolute atomic E-state index is 14.3. The van der Waals surface area contributed by atoms with E-state index in [0.717, 1.165) is 4.82 Å². The molecule has 0 radical (unpaired) electrons. The molecular weight excluding hydrogens is 472 g/mol. The molecule has 1 rings (SSSR count). The Hall–Kier alpha value is -0.742. The Kier molecular flexibility index (Phi) is 8.79. The fraction of sp³-hybridized carbons (Fsp3) is 0.565. The number of hydrogen-bond acceptors (Lipinski definition) is 3. The normalized spacial score (nSPS) is 13.2. The van der Waals surface area contributed by atoms with Gasteiger partial charge in [0.2, 0.25) is 0 Å². The zero-order valence-electron chi connectivity index (χ0n) is 21.5. The summed E-state index contributed by atoms with van der Waals surface area (Å²) in [6.45, 7) is 27.0. The molecule has 3 nitrogen and oxygen atoms in total. The lowest BCUT2D eigenvalue weighted by molar-refractivity contribution is -0.117. The van der Waals surface area contributed by atoms with E-state index in [4.69, 9.17) is 16.3 Å². The Morgan fingerprint density at radius 1 is 0.806 bits per heavy atom. The Balaban J connectivity index is 3.81. The van der Waals surface area contributed by atoms with Crippen LogP contribution in [-0.2, 0) is 9.53 Å². The smallest absolute Gasteiger partial charge is 0.343 e. The average molecular weight is 513 g/mol. The molecule has 0 amide bonds. The molecule has 31 heavy (non-hydrogen) atoms. The maximum Gasteiger partial charge on any atom is 0.343 e. The van der Waals surface area contributed by atoms with Crippen LogP contribution in [0.15, 0.2) is 34.8 Å². The third-order valence-electron chi connectivity index (χ3n) is 5.20. The minimum atomic E-state index is -1.94. The van der Waals surface area contributed by atoms with Gasteiger partial charge >= 0.3 is 5.97 Å². The van der Waals surface area contributed by atoms with Gasteiger partial charge in [-0.05, 0) is 23.0 Å². The Morgan fingerprint density at radius 3 is 1.61 bits per heavy atom. The van der Waals surface area contributed by atoms with E-state index in [-0.39, 0.29) is 10.9 Å². The van der Waals surface area contributed by atoms with E-state index in [0.29, 0.717) is 16.3 Å². The van der Waals surface area contributed by atoms with Gasteiger partial charge in [-0.25, -0.2) is 4.79 Å². The number of allylic oxidation sites excluding steroid dienone is 1. The predicted octanol–water partition coefficient (Wildman–Crippen LogP) is 7.66. The van der Waals surface area contributed by atoms with Gasteiger partial charge in [0.1, 0.15) is 0 Å². The van der Waals surface area contributed by atoms with Gasteiger partial charge in [-0.3, -0.25) is 4.79 Å². The summed E-state index contributed by atoms with van der Waals surface area (Å²) in [4.78, 5) is 28.6. The van der Waals surface area contributed by atoms with Crippen molar-refractivity contribution in [2.24, 2.45) is 0 Å². The van der Waals surface area contributed by atoms with Crippen molar-refractivity contribution in [3.05, 3.63) is 45.4 Å². The highest BCUT2D eigenvalue weighted by atomic mass is 35.5. The number of benzene rings is 1. The fourth-order valence-electron chi connectivity index (χ4n) is 5.01. The number of ether oxygens (including phenoxy) is 1. The summed E-state index contributed by atoms with van der Waals surface area (Å²) in [7, 11) is -7.59.